The Morgan fingerprint density at radius 1 is 1.32 bits per heavy atom. The molecule has 0 aliphatic carbocycles. The maximum atomic E-state index is 12.1. The first kappa shape index (κ1) is 17.0. The minimum Gasteiger partial charge on any atom is -0.352 e. The van der Waals surface area contributed by atoms with E-state index in [1.807, 2.05) is 19.9 Å². The Hall–Kier alpha value is -1.39. The molecule has 1 fully saturated rings. The fourth-order valence-electron chi connectivity index (χ4n) is 3.00. The predicted octanol–water partition coefficient (Wildman–Crippen LogP) is 2.00. The van der Waals surface area contributed by atoms with E-state index in [1.165, 1.54) is 5.56 Å². The third kappa shape index (κ3) is 4.55. The fourth-order valence-corrected chi connectivity index (χ4v) is 3.00. The number of carbonyl (C=O) groups excluding carboxylic acids is 1. The fraction of sp³-hybridized carbons (Fsp3) is 0.611. The van der Waals surface area contributed by atoms with E-state index in [0.29, 0.717) is 5.92 Å². The van der Waals surface area contributed by atoms with E-state index >= 15 is 0 Å². The monoisotopic (exact) mass is 303 g/mol. The molecule has 1 saturated heterocycles. The number of hydrogen-bond donors (Lipinski definition) is 2. The Kier molecular flexibility index (Phi) is 5.98. The van der Waals surface area contributed by atoms with Crippen LogP contribution in [0.15, 0.2) is 30.3 Å². The minimum absolute atomic E-state index is 0.0241. The lowest BCUT2D eigenvalue weighted by molar-refractivity contribution is -0.124. The summed E-state index contributed by atoms with van der Waals surface area (Å²) in [4.78, 5) is 14.5. The third-order valence-corrected chi connectivity index (χ3v) is 4.66. The van der Waals surface area contributed by atoms with Crippen molar-refractivity contribution in [2.24, 2.45) is 17.6 Å². The summed E-state index contributed by atoms with van der Waals surface area (Å²) in [5, 5.41) is 3.10. The molecule has 4 heteroatoms. The van der Waals surface area contributed by atoms with Crippen LogP contribution in [-0.4, -0.2) is 36.0 Å². The zero-order valence-corrected chi connectivity index (χ0v) is 14.0. The van der Waals surface area contributed by atoms with Gasteiger partial charge in [0.1, 0.15) is 0 Å². The van der Waals surface area contributed by atoms with Crippen LogP contribution in [0, 0.1) is 11.8 Å². The topological polar surface area (TPSA) is 58.4 Å². The predicted molar refractivity (Wildman–Crippen MR) is 90.2 cm³/mol. The van der Waals surface area contributed by atoms with Crippen LogP contribution < -0.4 is 11.1 Å². The molecule has 1 heterocycles. The Labute approximate surface area is 134 Å². The maximum Gasteiger partial charge on any atom is 0.237 e. The Morgan fingerprint density at radius 3 is 2.64 bits per heavy atom. The van der Waals surface area contributed by atoms with E-state index in [1.54, 1.807) is 0 Å². The lowest BCUT2D eigenvalue weighted by atomic mass is 9.99. The van der Waals surface area contributed by atoms with E-state index < -0.39 is 6.04 Å². The number of carbonyl (C=O) groups is 1. The standard InChI is InChI=1S/C18H29N3O/c1-13(2)17(19)18(22)20-14(3)16-9-10-21(12-16)11-15-7-5-4-6-8-15/h4-8,13-14,16-17H,9-12,19H2,1-3H3,(H,20,22). The number of hydrogen-bond acceptors (Lipinski definition) is 3. The summed E-state index contributed by atoms with van der Waals surface area (Å²) in [5.74, 6) is 0.654. The number of amides is 1. The summed E-state index contributed by atoms with van der Waals surface area (Å²) >= 11 is 0. The lowest BCUT2D eigenvalue weighted by Crippen LogP contribution is -2.49. The normalized spacial score (nSPS) is 21.8. The molecule has 3 atom stereocenters. The summed E-state index contributed by atoms with van der Waals surface area (Å²) in [6.45, 7) is 9.17. The molecule has 0 spiro atoms. The maximum absolute atomic E-state index is 12.1. The first-order valence-corrected chi connectivity index (χ1v) is 8.29. The van der Waals surface area contributed by atoms with Crippen LogP contribution in [-0.2, 0) is 11.3 Å². The van der Waals surface area contributed by atoms with Gasteiger partial charge in [0.15, 0.2) is 0 Å². The molecule has 2 rings (SSSR count). The summed E-state index contributed by atoms with van der Waals surface area (Å²) in [6, 6.07) is 10.3. The largest absolute Gasteiger partial charge is 0.352 e. The van der Waals surface area contributed by atoms with Gasteiger partial charge in [0.25, 0.3) is 0 Å². The highest BCUT2D eigenvalue weighted by Crippen LogP contribution is 2.21. The van der Waals surface area contributed by atoms with Gasteiger partial charge in [-0.05, 0) is 37.3 Å². The number of benzene rings is 1. The highest BCUT2D eigenvalue weighted by Gasteiger charge is 2.29. The van der Waals surface area contributed by atoms with Crippen molar-refractivity contribution >= 4 is 5.91 Å². The van der Waals surface area contributed by atoms with Crippen molar-refractivity contribution in [3.8, 4) is 0 Å². The average Bonchev–Trinajstić information content (AvgIpc) is 2.96. The molecule has 1 aromatic carbocycles. The van der Waals surface area contributed by atoms with Gasteiger partial charge >= 0.3 is 0 Å². The average molecular weight is 303 g/mol. The molecule has 1 amide bonds. The van der Waals surface area contributed by atoms with E-state index in [9.17, 15) is 4.79 Å². The van der Waals surface area contributed by atoms with Gasteiger partial charge in [0, 0.05) is 19.1 Å². The first-order valence-electron chi connectivity index (χ1n) is 8.29. The number of nitrogens with two attached hydrogens (primary N) is 1. The molecular weight excluding hydrogens is 274 g/mol. The van der Waals surface area contributed by atoms with Crippen molar-refractivity contribution in [3.05, 3.63) is 35.9 Å². The second kappa shape index (κ2) is 7.75. The molecule has 3 N–H and O–H groups in total. The van der Waals surface area contributed by atoms with Gasteiger partial charge in [-0.15, -0.1) is 0 Å². The van der Waals surface area contributed by atoms with Gasteiger partial charge in [-0.2, -0.15) is 0 Å². The molecule has 3 unspecified atom stereocenters. The summed E-state index contributed by atoms with van der Waals surface area (Å²) in [6.07, 6.45) is 1.13. The molecule has 22 heavy (non-hydrogen) atoms. The summed E-state index contributed by atoms with van der Waals surface area (Å²) in [7, 11) is 0. The van der Waals surface area contributed by atoms with Crippen molar-refractivity contribution in [3.63, 3.8) is 0 Å². The molecule has 1 aliphatic rings. The molecule has 0 radical (unpaired) electrons. The van der Waals surface area contributed by atoms with Crippen molar-refractivity contribution in [2.45, 2.75) is 45.8 Å². The van der Waals surface area contributed by atoms with Crippen molar-refractivity contribution in [2.75, 3.05) is 13.1 Å². The Morgan fingerprint density at radius 2 is 2.00 bits per heavy atom. The van der Waals surface area contributed by atoms with Gasteiger partial charge in [-0.1, -0.05) is 44.2 Å². The van der Waals surface area contributed by atoms with Crippen LogP contribution >= 0.6 is 0 Å². The van der Waals surface area contributed by atoms with Crippen LogP contribution in [0.2, 0.25) is 0 Å². The van der Waals surface area contributed by atoms with Crippen LogP contribution in [0.3, 0.4) is 0 Å². The second-order valence-corrected chi connectivity index (χ2v) is 6.84. The summed E-state index contributed by atoms with van der Waals surface area (Å²) in [5.41, 5.74) is 7.26. The SMILES string of the molecule is CC(C)C(N)C(=O)NC(C)C1CCN(Cc2ccccc2)C1. The highest BCUT2D eigenvalue weighted by molar-refractivity contribution is 5.82. The van der Waals surface area contributed by atoms with Crippen molar-refractivity contribution in [1.82, 2.24) is 10.2 Å². The molecule has 1 aliphatic heterocycles. The Bertz CT molecular complexity index is 474. The van der Waals surface area contributed by atoms with Gasteiger partial charge in [-0.25, -0.2) is 0 Å². The van der Waals surface area contributed by atoms with Crippen molar-refractivity contribution < 1.29 is 4.79 Å². The molecule has 0 saturated carbocycles. The molecule has 0 bridgehead atoms. The van der Waals surface area contributed by atoms with Gasteiger partial charge in [0.2, 0.25) is 5.91 Å². The molecule has 122 valence electrons. The quantitative estimate of drug-likeness (QED) is 0.845. The van der Waals surface area contributed by atoms with Crippen molar-refractivity contribution in [1.29, 1.82) is 0 Å². The highest BCUT2D eigenvalue weighted by atomic mass is 16.2. The molecule has 0 aromatic heterocycles. The second-order valence-electron chi connectivity index (χ2n) is 6.84. The van der Waals surface area contributed by atoms with Gasteiger partial charge < -0.3 is 11.1 Å². The number of rotatable bonds is 6. The Balaban J connectivity index is 1.81. The summed E-state index contributed by atoms with van der Waals surface area (Å²) < 4.78 is 0. The number of nitrogens with zero attached hydrogens (tertiary/aromatic N) is 1. The molecule has 1 aromatic rings. The van der Waals surface area contributed by atoms with Gasteiger partial charge in [0.05, 0.1) is 6.04 Å². The van der Waals surface area contributed by atoms with Crippen LogP contribution in [0.4, 0.5) is 0 Å². The number of likely N-dealkylation sites (tertiary alicyclic amines) is 1. The van der Waals surface area contributed by atoms with Crippen LogP contribution in [0.1, 0.15) is 32.8 Å². The first-order chi connectivity index (χ1) is 10.5. The molecular formula is C18H29N3O. The van der Waals surface area contributed by atoms with Gasteiger partial charge in [-0.3, -0.25) is 9.69 Å². The molecule has 4 nitrogen and oxygen atoms in total. The van der Waals surface area contributed by atoms with E-state index in [2.05, 4.69) is 41.4 Å². The smallest absolute Gasteiger partial charge is 0.237 e. The zero-order chi connectivity index (χ0) is 16.1. The third-order valence-electron chi connectivity index (χ3n) is 4.66. The zero-order valence-electron chi connectivity index (χ0n) is 14.0. The van der Waals surface area contributed by atoms with Crippen LogP contribution in [0.25, 0.3) is 0 Å². The lowest BCUT2D eigenvalue weighted by Gasteiger charge is -2.24. The van der Waals surface area contributed by atoms with E-state index in [0.717, 1.165) is 26.1 Å². The number of nitrogens with one attached hydrogen (secondary N) is 1. The van der Waals surface area contributed by atoms with E-state index in [4.69, 9.17) is 5.73 Å². The van der Waals surface area contributed by atoms with Crippen LogP contribution in [0.5, 0.6) is 0 Å². The van der Waals surface area contributed by atoms with E-state index in [-0.39, 0.29) is 17.9 Å². The minimum atomic E-state index is -0.413.